The van der Waals surface area contributed by atoms with E-state index >= 15 is 0 Å². The van der Waals surface area contributed by atoms with Crippen molar-refractivity contribution in [2.75, 3.05) is 19.9 Å². The van der Waals surface area contributed by atoms with Crippen molar-refractivity contribution >= 4 is 5.91 Å². The summed E-state index contributed by atoms with van der Waals surface area (Å²) in [5, 5.41) is 0. The Morgan fingerprint density at radius 2 is 2.06 bits per heavy atom. The molecule has 0 aromatic heterocycles. The number of carbonyl (C=O) groups is 1. The Hall–Kier alpha value is -0.570. The van der Waals surface area contributed by atoms with Gasteiger partial charge in [-0.3, -0.25) is 4.79 Å². The molecule has 0 radical (unpaired) electrons. The Kier molecular flexibility index (Phi) is 7.23. The summed E-state index contributed by atoms with van der Waals surface area (Å²) >= 11 is 0. The predicted octanol–water partition coefficient (Wildman–Crippen LogP) is 2.94. The van der Waals surface area contributed by atoms with Gasteiger partial charge in [0.1, 0.15) is 6.73 Å². The molecule has 0 N–H and O–H groups in total. The number of hydrogen-bond donors (Lipinski definition) is 0. The smallest absolute Gasteiger partial charge is 0.224 e. The van der Waals surface area contributed by atoms with E-state index in [1.165, 1.54) is 25.7 Å². The van der Waals surface area contributed by atoms with Crippen LogP contribution >= 0.6 is 0 Å². The monoisotopic (exact) mass is 227 g/mol. The minimum Gasteiger partial charge on any atom is -0.361 e. The second-order valence-electron chi connectivity index (χ2n) is 4.57. The molecule has 1 saturated heterocycles. The molecule has 1 fully saturated rings. The summed E-state index contributed by atoms with van der Waals surface area (Å²) in [6.07, 6.45) is 8.96. The molecule has 1 amide bonds. The van der Waals surface area contributed by atoms with Crippen LogP contribution in [0.4, 0.5) is 0 Å². The fourth-order valence-electron chi connectivity index (χ4n) is 1.98. The van der Waals surface area contributed by atoms with Gasteiger partial charge in [-0.25, -0.2) is 0 Å². The third-order valence-electron chi connectivity index (χ3n) is 3.06. The van der Waals surface area contributed by atoms with Crippen LogP contribution in [0.5, 0.6) is 0 Å². The van der Waals surface area contributed by atoms with Gasteiger partial charge in [-0.1, -0.05) is 32.6 Å². The van der Waals surface area contributed by atoms with Crippen LogP contribution in [-0.4, -0.2) is 30.7 Å². The molecular weight excluding hydrogens is 202 g/mol. The molecule has 1 rings (SSSR count). The van der Waals surface area contributed by atoms with Crippen LogP contribution in [0.15, 0.2) is 0 Å². The Morgan fingerprint density at radius 1 is 1.19 bits per heavy atom. The molecule has 0 bridgehead atoms. The molecule has 0 saturated carbocycles. The molecule has 0 unspecified atom stereocenters. The fraction of sp³-hybridized carbons (Fsp3) is 0.923. The third kappa shape index (κ3) is 5.50. The second-order valence-corrected chi connectivity index (χ2v) is 4.57. The number of ether oxygens (including phenoxy) is 1. The van der Waals surface area contributed by atoms with E-state index in [2.05, 4.69) is 6.92 Å². The highest BCUT2D eigenvalue weighted by molar-refractivity contribution is 5.76. The van der Waals surface area contributed by atoms with Crippen LogP contribution in [0.25, 0.3) is 0 Å². The van der Waals surface area contributed by atoms with Crippen LogP contribution in [-0.2, 0) is 9.53 Å². The molecule has 3 nitrogen and oxygen atoms in total. The zero-order valence-electron chi connectivity index (χ0n) is 10.5. The molecule has 3 heteroatoms. The normalized spacial score (nSPS) is 17.6. The van der Waals surface area contributed by atoms with Gasteiger partial charge in [0.2, 0.25) is 5.91 Å². The molecule has 1 aliphatic rings. The standard InChI is InChI=1S/C13H25NO2/c1-2-3-4-8-11-16-12-14-10-7-5-6-9-13(14)15/h2-12H2,1H3. The maximum atomic E-state index is 11.6. The van der Waals surface area contributed by atoms with Gasteiger partial charge in [0.25, 0.3) is 0 Å². The number of hydrogen-bond acceptors (Lipinski definition) is 2. The maximum Gasteiger partial charge on any atom is 0.224 e. The molecule has 0 spiro atoms. The Balaban J connectivity index is 2.04. The minimum absolute atomic E-state index is 0.269. The lowest BCUT2D eigenvalue weighted by molar-refractivity contribution is -0.136. The summed E-state index contributed by atoms with van der Waals surface area (Å²) in [5.74, 6) is 0.269. The first-order chi connectivity index (χ1) is 7.84. The molecule has 0 aromatic rings. The van der Waals surface area contributed by atoms with Crippen molar-refractivity contribution in [3.63, 3.8) is 0 Å². The molecular formula is C13H25NO2. The number of rotatable bonds is 7. The Labute approximate surface area is 99.1 Å². The van der Waals surface area contributed by atoms with E-state index in [1.807, 2.05) is 4.90 Å². The summed E-state index contributed by atoms with van der Waals surface area (Å²) in [7, 11) is 0. The lowest BCUT2D eigenvalue weighted by atomic mass is 10.2. The fourth-order valence-corrected chi connectivity index (χ4v) is 1.98. The lowest BCUT2D eigenvalue weighted by Gasteiger charge is -2.20. The predicted molar refractivity (Wildman–Crippen MR) is 65.1 cm³/mol. The molecule has 1 aliphatic heterocycles. The highest BCUT2D eigenvalue weighted by Gasteiger charge is 2.15. The van der Waals surface area contributed by atoms with E-state index in [0.29, 0.717) is 13.2 Å². The maximum absolute atomic E-state index is 11.6. The van der Waals surface area contributed by atoms with Crippen molar-refractivity contribution in [3.8, 4) is 0 Å². The summed E-state index contributed by atoms with van der Waals surface area (Å²) in [5.41, 5.74) is 0. The van der Waals surface area contributed by atoms with Crippen molar-refractivity contribution < 1.29 is 9.53 Å². The van der Waals surface area contributed by atoms with Gasteiger partial charge in [0.05, 0.1) is 0 Å². The largest absolute Gasteiger partial charge is 0.361 e. The highest BCUT2D eigenvalue weighted by atomic mass is 16.5. The van der Waals surface area contributed by atoms with Crippen LogP contribution in [0.2, 0.25) is 0 Å². The van der Waals surface area contributed by atoms with Gasteiger partial charge in [0, 0.05) is 19.6 Å². The van der Waals surface area contributed by atoms with Crippen molar-refractivity contribution in [2.45, 2.75) is 58.3 Å². The van der Waals surface area contributed by atoms with Crippen molar-refractivity contribution in [1.29, 1.82) is 0 Å². The number of amides is 1. The lowest BCUT2D eigenvalue weighted by Crippen LogP contribution is -2.32. The molecule has 16 heavy (non-hydrogen) atoms. The summed E-state index contributed by atoms with van der Waals surface area (Å²) < 4.78 is 5.55. The number of likely N-dealkylation sites (tertiary alicyclic amines) is 1. The number of nitrogens with zero attached hydrogens (tertiary/aromatic N) is 1. The van der Waals surface area contributed by atoms with E-state index < -0.39 is 0 Å². The summed E-state index contributed by atoms with van der Waals surface area (Å²) in [4.78, 5) is 13.5. The highest BCUT2D eigenvalue weighted by Crippen LogP contribution is 2.11. The van der Waals surface area contributed by atoms with Crippen LogP contribution < -0.4 is 0 Å². The topological polar surface area (TPSA) is 29.5 Å². The molecule has 0 aromatic carbocycles. The molecule has 0 aliphatic carbocycles. The number of unbranched alkanes of at least 4 members (excludes halogenated alkanes) is 3. The second kappa shape index (κ2) is 8.57. The average molecular weight is 227 g/mol. The van der Waals surface area contributed by atoms with Crippen molar-refractivity contribution in [2.24, 2.45) is 0 Å². The van der Waals surface area contributed by atoms with E-state index in [1.54, 1.807) is 0 Å². The average Bonchev–Trinajstić information content (AvgIpc) is 2.49. The molecule has 0 atom stereocenters. The summed E-state index contributed by atoms with van der Waals surface area (Å²) in [6.45, 7) is 4.39. The first-order valence-electron chi connectivity index (χ1n) is 6.70. The quantitative estimate of drug-likeness (QED) is 0.626. The van der Waals surface area contributed by atoms with Crippen molar-refractivity contribution in [3.05, 3.63) is 0 Å². The summed E-state index contributed by atoms with van der Waals surface area (Å²) in [6, 6.07) is 0. The zero-order chi connectivity index (χ0) is 11.6. The SMILES string of the molecule is CCCCCCOCN1CCCCCC1=O. The minimum atomic E-state index is 0.269. The molecule has 94 valence electrons. The van der Waals surface area contributed by atoms with E-state index in [9.17, 15) is 4.79 Å². The zero-order valence-corrected chi connectivity index (χ0v) is 10.5. The van der Waals surface area contributed by atoms with Crippen LogP contribution in [0.3, 0.4) is 0 Å². The third-order valence-corrected chi connectivity index (χ3v) is 3.06. The number of carbonyl (C=O) groups excluding carboxylic acids is 1. The first kappa shape index (κ1) is 13.5. The molecule has 1 heterocycles. The van der Waals surface area contributed by atoms with Crippen molar-refractivity contribution in [1.82, 2.24) is 4.90 Å². The van der Waals surface area contributed by atoms with Gasteiger partial charge < -0.3 is 9.64 Å². The van der Waals surface area contributed by atoms with Gasteiger partial charge >= 0.3 is 0 Å². The van der Waals surface area contributed by atoms with Gasteiger partial charge in [-0.15, -0.1) is 0 Å². The first-order valence-corrected chi connectivity index (χ1v) is 6.70. The van der Waals surface area contributed by atoms with E-state index in [0.717, 1.165) is 32.4 Å². The van der Waals surface area contributed by atoms with E-state index in [-0.39, 0.29) is 5.91 Å². The van der Waals surface area contributed by atoms with Crippen LogP contribution in [0, 0.1) is 0 Å². The van der Waals surface area contributed by atoms with Crippen LogP contribution in [0.1, 0.15) is 58.3 Å². The van der Waals surface area contributed by atoms with Gasteiger partial charge in [-0.2, -0.15) is 0 Å². The Bertz CT molecular complexity index is 194. The Morgan fingerprint density at radius 3 is 2.88 bits per heavy atom. The van der Waals surface area contributed by atoms with E-state index in [4.69, 9.17) is 4.74 Å². The van der Waals surface area contributed by atoms with Gasteiger partial charge in [0.15, 0.2) is 0 Å². The van der Waals surface area contributed by atoms with Gasteiger partial charge in [-0.05, 0) is 19.3 Å².